The molecule has 0 atom stereocenters. The van der Waals surface area contributed by atoms with Gasteiger partial charge in [0.15, 0.2) is 0 Å². The van der Waals surface area contributed by atoms with Crippen LogP contribution in [0.4, 0.5) is 0 Å². The summed E-state index contributed by atoms with van der Waals surface area (Å²) in [6.45, 7) is 1.11. The molecule has 0 aromatic carbocycles. The van der Waals surface area contributed by atoms with E-state index in [2.05, 4.69) is 16.5 Å². The predicted molar refractivity (Wildman–Crippen MR) is 60.7 cm³/mol. The minimum atomic E-state index is -4.23. The summed E-state index contributed by atoms with van der Waals surface area (Å²) >= 11 is 0. The second-order valence-corrected chi connectivity index (χ2v) is 5.43. The smallest absolute Gasteiger partial charge is 0.312 e. The van der Waals surface area contributed by atoms with Gasteiger partial charge in [-0.05, 0) is 12.8 Å². The van der Waals surface area contributed by atoms with Crippen LogP contribution in [-0.4, -0.2) is 27.7 Å². The fourth-order valence-corrected chi connectivity index (χ4v) is 2.18. The Labute approximate surface area is 95.7 Å². The molecule has 96 valence electrons. The maximum Gasteiger partial charge on any atom is 0.417 e. The predicted octanol–water partition coefficient (Wildman–Crippen LogP) is 0.249. The molecule has 0 bridgehead atoms. The highest BCUT2D eigenvalue weighted by atomic mass is 31.2. The summed E-state index contributed by atoms with van der Waals surface area (Å²) in [4.78, 5) is 18.1. The molecule has 1 heterocycles. The van der Waals surface area contributed by atoms with Crippen LogP contribution in [0.3, 0.4) is 0 Å². The maximum atomic E-state index is 11.1. The Balaban J connectivity index is 2.39. The van der Waals surface area contributed by atoms with Crippen molar-refractivity contribution in [1.82, 2.24) is 21.3 Å². The van der Waals surface area contributed by atoms with Gasteiger partial charge in [-0.25, -0.2) is 9.99 Å². The highest BCUT2D eigenvalue weighted by molar-refractivity contribution is 7.49. The monoisotopic (exact) mass is 252 g/mol. The quantitative estimate of drug-likeness (QED) is 0.427. The molecular weight excluding hydrogens is 231 g/mol. The molecule has 5 N–H and O–H groups in total. The Morgan fingerprint density at radius 1 is 1.00 bits per heavy atom. The van der Waals surface area contributed by atoms with Gasteiger partial charge >= 0.3 is 7.75 Å². The highest BCUT2D eigenvalue weighted by Crippen LogP contribution is 2.37. The molecule has 0 aliphatic carbocycles. The van der Waals surface area contributed by atoms with E-state index in [0.717, 1.165) is 37.0 Å². The summed E-state index contributed by atoms with van der Waals surface area (Å²) < 4.78 is 12.0. The van der Waals surface area contributed by atoms with Crippen molar-refractivity contribution in [3.8, 4) is 0 Å². The van der Waals surface area contributed by atoms with Crippen LogP contribution >= 0.6 is 7.75 Å². The fourth-order valence-electron chi connectivity index (χ4n) is 1.60. The summed E-state index contributed by atoms with van der Waals surface area (Å²) in [5.74, 6) is 0. The molecule has 1 fully saturated rings. The molecule has 0 unspecified atom stereocenters. The topological polar surface area (TPSA) is 96.9 Å². The van der Waals surface area contributed by atoms with E-state index in [-0.39, 0.29) is 0 Å². The van der Waals surface area contributed by atoms with Crippen molar-refractivity contribution < 1.29 is 14.4 Å². The van der Waals surface area contributed by atoms with Crippen LogP contribution in [0.25, 0.3) is 0 Å². The van der Waals surface area contributed by atoms with Crippen molar-refractivity contribution in [2.75, 3.05) is 13.1 Å². The zero-order chi connectivity index (χ0) is 11.9. The Morgan fingerprint density at radius 2 is 1.62 bits per heavy atom. The molecular formula is C8H21N4O3P. The lowest BCUT2D eigenvalue weighted by Gasteiger charge is -2.24. The molecule has 0 aromatic heterocycles. The van der Waals surface area contributed by atoms with Gasteiger partial charge in [-0.15, -0.1) is 4.78 Å². The van der Waals surface area contributed by atoms with Crippen molar-refractivity contribution in [1.29, 1.82) is 0 Å². The van der Waals surface area contributed by atoms with Crippen LogP contribution in [0.2, 0.25) is 0 Å². The lowest BCUT2D eigenvalue weighted by atomic mass is 10.1. The molecule has 1 aliphatic heterocycles. The molecule has 1 aliphatic rings. The Morgan fingerprint density at radius 3 is 2.31 bits per heavy atom. The number of hydrogen-bond acceptors (Lipinski definition) is 4. The van der Waals surface area contributed by atoms with Gasteiger partial charge in [0.1, 0.15) is 0 Å². The van der Waals surface area contributed by atoms with Crippen LogP contribution in [0.5, 0.6) is 0 Å². The second kappa shape index (κ2) is 7.34. The number of rotatable bonds is 1. The summed E-state index contributed by atoms with van der Waals surface area (Å²) in [6.07, 6.45) is 6.35. The molecule has 1 rings (SSSR count). The van der Waals surface area contributed by atoms with Crippen LogP contribution in [0.1, 0.15) is 38.5 Å². The number of nitrogens with zero attached hydrogens (tertiary/aromatic N) is 1. The van der Waals surface area contributed by atoms with Gasteiger partial charge in [-0.3, -0.25) is 0 Å². The molecule has 8 heteroatoms. The van der Waals surface area contributed by atoms with Crippen molar-refractivity contribution in [2.24, 2.45) is 0 Å². The summed E-state index contributed by atoms with van der Waals surface area (Å²) in [5, 5.41) is 0. The molecule has 0 radical (unpaired) electrons. The molecule has 7 nitrogen and oxygen atoms in total. The highest BCUT2D eigenvalue weighted by Gasteiger charge is 2.24. The fraction of sp³-hybridized carbons (Fsp3) is 1.00. The first-order chi connectivity index (χ1) is 7.61. The van der Waals surface area contributed by atoms with E-state index in [0.29, 0.717) is 6.54 Å². The lowest BCUT2D eigenvalue weighted by molar-refractivity contribution is 0.173. The molecule has 0 spiro atoms. The molecule has 0 saturated carbocycles. The zero-order valence-corrected chi connectivity index (χ0v) is 10.2. The van der Waals surface area contributed by atoms with Crippen LogP contribution < -0.4 is 16.5 Å². The van der Waals surface area contributed by atoms with Gasteiger partial charge in [-0.1, -0.05) is 25.7 Å². The molecule has 0 aromatic rings. The third-order valence-corrected chi connectivity index (χ3v) is 3.44. The Kier molecular flexibility index (Phi) is 6.45. The van der Waals surface area contributed by atoms with Gasteiger partial charge < -0.3 is 9.79 Å². The minimum absolute atomic E-state index is 0.332. The summed E-state index contributed by atoms with van der Waals surface area (Å²) in [7, 11) is -4.23. The first-order valence-electron chi connectivity index (χ1n) is 5.68. The van der Waals surface area contributed by atoms with Crippen molar-refractivity contribution in [3.63, 3.8) is 0 Å². The van der Waals surface area contributed by atoms with E-state index in [1.807, 2.05) is 0 Å². The van der Waals surface area contributed by atoms with Crippen LogP contribution in [0.15, 0.2) is 0 Å². The Hall–Kier alpha value is -0.0100. The normalized spacial score (nSPS) is 23.4. The van der Waals surface area contributed by atoms with Crippen molar-refractivity contribution in [2.45, 2.75) is 38.5 Å². The van der Waals surface area contributed by atoms with Crippen molar-refractivity contribution >= 4 is 7.75 Å². The number of nitrogens with one attached hydrogen (secondary N) is 3. The maximum absolute atomic E-state index is 11.1. The van der Waals surface area contributed by atoms with Gasteiger partial charge in [0.25, 0.3) is 0 Å². The summed E-state index contributed by atoms with van der Waals surface area (Å²) in [6, 6.07) is 0. The van der Waals surface area contributed by atoms with Crippen molar-refractivity contribution in [3.05, 3.63) is 0 Å². The standard InChI is InChI=1S/C8H21N4O3P/c13-16(14,15)12-8-6-4-2-1-3-5-7-9-10-11-12/h9-11H,1-8H2,(H2,13,14,15). The van der Waals surface area contributed by atoms with E-state index < -0.39 is 7.75 Å². The molecule has 1 saturated heterocycles. The van der Waals surface area contributed by atoms with Gasteiger partial charge in [0.05, 0.1) is 0 Å². The van der Waals surface area contributed by atoms with Gasteiger partial charge in [-0.2, -0.15) is 11.1 Å². The average molecular weight is 252 g/mol. The zero-order valence-electron chi connectivity index (χ0n) is 9.35. The van der Waals surface area contributed by atoms with E-state index in [1.54, 1.807) is 0 Å². The largest absolute Gasteiger partial charge is 0.417 e. The minimum Gasteiger partial charge on any atom is -0.312 e. The first-order valence-corrected chi connectivity index (χ1v) is 7.24. The van der Waals surface area contributed by atoms with Gasteiger partial charge in [0.2, 0.25) is 0 Å². The van der Waals surface area contributed by atoms with E-state index in [9.17, 15) is 4.57 Å². The summed E-state index contributed by atoms with van der Waals surface area (Å²) in [5.41, 5.74) is 7.94. The SMILES string of the molecule is O=P(O)(O)N1CCCCCCCCNNN1. The number of hydrazine groups is 3. The number of hydrogen-bond donors (Lipinski definition) is 5. The van der Waals surface area contributed by atoms with Crippen LogP contribution in [0, 0.1) is 0 Å². The second-order valence-electron chi connectivity index (χ2n) is 3.92. The van der Waals surface area contributed by atoms with E-state index in [4.69, 9.17) is 9.79 Å². The Bertz CT molecular complexity index is 223. The average Bonchev–Trinajstić information content (AvgIpc) is 2.16. The van der Waals surface area contributed by atoms with E-state index >= 15 is 0 Å². The van der Waals surface area contributed by atoms with E-state index in [1.165, 1.54) is 12.8 Å². The molecule has 16 heavy (non-hydrogen) atoms. The molecule has 0 amide bonds. The first kappa shape index (κ1) is 14.1. The van der Waals surface area contributed by atoms with Crippen LogP contribution in [-0.2, 0) is 4.57 Å². The lowest BCUT2D eigenvalue weighted by Crippen LogP contribution is -2.51. The van der Waals surface area contributed by atoms with Gasteiger partial charge in [0, 0.05) is 13.1 Å². The third kappa shape index (κ3) is 5.91. The third-order valence-electron chi connectivity index (χ3n) is 2.51.